The molecule has 0 aromatic rings. The number of nitrogens with one attached hydrogen (secondary N) is 1. The molecule has 10 heteroatoms. The van der Waals surface area contributed by atoms with Gasteiger partial charge < -0.3 is 20.5 Å². The molecule has 1 amide bonds. The predicted molar refractivity (Wildman–Crippen MR) is 91.5 cm³/mol. The van der Waals surface area contributed by atoms with Gasteiger partial charge in [0, 0.05) is 6.92 Å². The third kappa shape index (κ3) is 10.0. The highest BCUT2D eigenvalue weighted by Crippen LogP contribution is 2.16. The topological polar surface area (TPSA) is 142 Å². The summed E-state index contributed by atoms with van der Waals surface area (Å²) in [5.74, 6) is -2.05. The van der Waals surface area contributed by atoms with Crippen LogP contribution in [0.25, 0.3) is 0 Å². The van der Waals surface area contributed by atoms with Crippen molar-refractivity contribution in [1.82, 2.24) is 5.32 Å². The largest absolute Gasteiger partial charge is 0.516 e. The second-order valence-electron chi connectivity index (χ2n) is 5.64. The Hall–Kier alpha value is -1.68. The van der Waals surface area contributed by atoms with Crippen molar-refractivity contribution >= 4 is 27.9 Å². The number of hydrogen-bond donors (Lipinski definition) is 2. The van der Waals surface area contributed by atoms with Gasteiger partial charge in [-0.15, -0.1) is 0 Å². The molecule has 0 fully saturated rings. The molecule has 146 valence electrons. The number of nitrogens with two attached hydrogens (primary N) is 1. The van der Waals surface area contributed by atoms with Crippen molar-refractivity contribution in [3.05, 3.63) is 0 Å². The van der Waals surface area contributed by atoms with E-state index in [1.165, 1.54) is 6.92 Å². The van der Waals surface area contributed by atoms with Crippen LogP contribution in [0, 0.1) is 0 Å². The van der Waals surface area contributed by atoms with Crippen LogP contribution in [-0.4, -0.2) is 56.6 Å². The quantitative estimate of drug-likeness (QED) is 0.300. The predicted octanol–water partition coefficient (Wildman–Crippen LogP) is 0.513. The fourth-order valence-electron chi connectivity index (χ4n) is 2.15. The SMILES string of the molecule is CCCC(CCC)S(=O)(=O)C[C@@H](N)C(=O)OC(=O)OCCNC(C)=O. The summed E-state index contributed by atoms with van der Waals surface area (Å²) in [4.78, 5) is 33.7. The first-order valence-electron chi connectivity index (χ1n) is 8.24. The molecule has 0 saturated carbocycles. The molecular weight excluding hydrogens is 352 g/mol. The average molecular weight is 380 g/mol. The number of carbonyl (C=O) groups excluding carboxylic acids is 3. The zero-order chi connectivity index (χ0) is 19.5. The number of ether oxygens (including phenoxy) is 2. The Morgan fingerprint density at radius 2 is 1.68 bits per heavy atom. The molecule has 3 N–H and O–H groups in total. The van der Waals surface area contributed by atoms with E-state index in [9.17, 15) is 22.8 Å². The number of carbonyl (C=O) groups is 3. The molecule has 0 unspecified atom stereocenters. The highest BCUT2D eigenvalue weighted by Gasteiger charge is 2.30. The highest BCUT2D eigenvalue weighted by atomic mass is 32.2. The summed E-state index contributed by atoms with van der Waals surface area (Å²) < 4.78 is 33.6. The Morgan fingerprint density at radius 3 is 2.16 bits per heavy atom. The second kappa shape index (κ2) is 11.8. The van der Waals surface area contributed by atoms with Crippen LogP contribution in [0.15, 0.2) is 0 Å². The Kier molecular flexibility index (Phi) is 11.0. The van der Waals surface area contributed by atoms with E-state index in [2.05, 4.69) is 14.8 Å². The van der Waals surface area contributed by atoms with Crippen molar-refractivity contribution in [3.63, 3.8) is 0 Å². The van der Waals surface area contributed by atoms with Gasteiger partial charge in [-0.25, -0.2) is 18.0 Å². The minimum absolute atomic E-state index is 0.0643. The average Bonchev–Trinajstić information content (AvgIpc) is 2.50. The smallest absolute Gasteiger partial charge is 0.432 e. The Labute approximate surface area is 148 Å². The summed E-state index contributed by atoms with van der Waals surface area (Å²) >= 11 is 0. The third-order valence-corrected chi connectivity index (χ3v) is 5.63. The number of sulfone groups is 1. The minimum atomic E-state index is -3.58. The minimum Gasteiger partial charge on any atom is -0.432 e. The molecule has 0 radical (unpaired) electrons. The standard InChI is InChI=1S/C15H28N2O7S/c1-4-6-12(7-5-2)25(21,22)10-13(16)14(19)24-15(20)23-9-8-17-11(3)18/h12-13H,4-10,16H2,1-3H3,(H,17,18)/t13-/m1/s1. The molecule has 9 nitrogen and oxygen atoms in total. The van der Waals surface area contributed by atoms with Crippen molar-refractivity contribution in [2.75, 3.05) is 18.9 Å². The summed E-state index contributed by atoms with van der Waals surface area (Å²) in [6.45, 7) is 4.93. The molecule has 0 aliphatic heterocycles. The molecule has 0 bridgehead atoms. The van der Waals surface area contributed by atoms with Crippen LogP contribution < -0.4 is 11.1 Å². The lowest BCUT2D eigenvalue weighted by atomic mass is 10.2. The van der Waals surface area contributed by atoms with Gasteiger partial charge >= 0.3 is 12.1 Å². The lowest BCUT2D eigenvalue weighted by molar-refractivity contribution is -0.140. The highest BCUT2D eigenvalue weighted by molar-refractivity contribution is 7.92. The van der Waals surface area contributed by atoms with Crippen LogP contribution in [0.2, 0.25) is 0 Å². The van der Waals surface area contributed by atoms with Crippen molar-refractivity contribution in [2.45, 2.75) is 57.7 Å². The molecule has 0 rings (SSSR count). The molecule has 1 atom stereocenters. The van der Waals surface area contributed by atoms with E-state index in [1.807, 2.05) is 13.8 Å². The van der Waals surface area contributed by atoms with Gasteiger partial charge in [0.25, 0.3) is 0 Å². The Bertz CT molecular complexity index is 542. The van der Waals surface area contributed by atoms with Crippen LogP contribution >= 0.6 is 0 Å². The van der Waals surface area contributed by atoms with Crippen molar-refractivity contribution in [2.24, 2.45) is 5.73 Å². The van der Waals surface area contributed by atoms with E-state index in [0.717, 1.165) is 0 Å². The van der Waals surface area contributed by atoms with Crippen LogP contribution in [0.4, 0.5) is 4.79 Å². The molecule has 0 aliphatic carbocycles. The van der Waals surface area contributed by atoms with Crippen molar-refractivity contribution in [3.8, 4) is 0 Å². The second-order valence-corrected chi connectivity index (χ2v) is 7.96. The number of amides is 1. The first kappa shape index (κ1) is 23.3. The molecule has 0 saturated heterocycles. The van der Waals surface area contributed by atoms with Gasteiger partial charge in [0.1, 0.15) is 12.6 Å². The first-order valence-corrected chi connectivity index (χ1v) is 9.95. The van der Waals surface area contributed by atoms with E-state index in [0.29, 0.717) is 25.7 Å². The lowest BCUT2D eigenvalue weighted by Gasteiger charge is -2.18. The summed E-state index contributed by atoms with van der Waals surface area (Å²) in [5, 5.41) is 1.82. The van der Waals surface area contributed by atoms with Crippen molar-refractivity contribution in [1.29, 1.82) is 0 Å². The zero-order valence-electron chi connectivity index (χ0n) is 14.9. The summed E-state index contributed by atoms with van der Waals surface area (Å²) in [6.07, 6.45) is 1.09. The van der Waals surface area contributed by atoms with Crippen LogP contribution in [0.1, 0.15) is 46.5 Å². The maximum absolute atomic E-state index is 12.3. The summed E-state index contributed by atoms with van der Waals surface area (Å²) in [7, 11) is -3.58. The molecule has 25 heavy (non-hydrogen) atoms. The monoisotopic (exact) mass is 380 g/mol. The number of esters is 1. The fraction of sp³-hybridized carbons (Fsp3) is 0.800. The summed E-state index contributed by atoms with van der Waals surface area (Å²) in [6, 6.07) is -1.47. The molecule has 0 aliphatic rings. The fourth-order valence-corrected chi connectivity index (χ4v) is 4.25. The maximum Gasteiger partial charge on any atom is 0.516 e. The molecular formula is C15H28N2O7S. The number of rotatable bonds is 11. The molecule has 0 aromatic heterocycles. The lowest BCUT2D eigenvalue weighted by Crippen LogP contribution is -2.42. The normalized spacial score (nSPS) is 12.5. The molecule has 0 heterocycles. The van der Waals surface area contributed by atoms with E-state index < -0.39 is 39.0 Å². The van der Waals surface area contributed by atoms with Gasteiger partial charge in [-0.05, 0) is 12.8 Å². The van der Waals surface area contributed by atoms with E-state index in [1.54, 1.807) is 0 Å². The van der Waals surface area contributed by atoms with Gasteiger partial charge in [0.15, 0.2) is 9.84 Å². The van der Waals surface area contributed by atoms with E-state index >= 15 is 0 Å². The van der Waals surface area contributed by atoms with Crippen LogP contribution in [-0.2, 0) is 28.9 Å². The maximum atomic E-state index is 12.3. The van der Waals surface area contributed by atoms with Crippen molar-refractivity contribution < 1.29 is 32.3 Å². The van der Waals surface area contributed by atoms with Gasteiger partial charge in [-0.3, -0.25) is 4.79 Å². The van der Waals surface area contributed by atoms with E-state index in [-0.39, 0.29) is 19.1 Å². The third-order valence-electron chi connectivity index (χ3n) is 3.32. The summed E-state index contributed by atoms with van der Waals surface area (Å²) in [5.41, 5.74) is 5.56. The Morgan fingerprint density at radius 1 is 1.12 bits per heavy atom. The van der Waals surface area contributed by atoms with Gasteiger partial charge in [0.2, 0.25) is 5.91 Å². The van der Waals surface area contributed by atoms with Gasteiger partial charge in [0.05, 0.1) is 17.5 Å². The van der Waals surface area contributed by atoms with E-state index in [4.69, 9.17) is 5.73 Å². The van der Waals surface area contributed by atoms with Crippen LogP contribution in [0.5, 0.6) is 0 Å². The van der Waals surface area contributed by atoms with Gasteiger partial charge in [-0.2, -0.15) is 0 Å². The van der Waals surface area contributed by atoms with Gasteiger partial charge in [-0.1, -0.05) is 26.7 Å². The molecule has 0 aromatic carbocycles. The Balaban J connectivity index is 4.48. The number of hydrogen-bond acceptors (Lipinski definition) is 8. The van der Waals surface area contributed by atoms with Crippen LogP contribution in [0.3, 0.4) is 0 Å². The first-order chi connectivity index (χ1) is 11.6. The molecule has 0 spiro atoms. The zero-order valence-corrected chi connectivity index (χ0v) is 15.8.